The van der Waals surface area contributed by atoms with Crippen LogP contribution in [0.3, 0.4) is 0 Å². The number of rotatable bonds is 2. The molecule has 78 valence electrons. The maximum atomic E-state index is 11.9. The van der Waals surface area contributed by atoms with E-state index < -0.39 is 0 Å². The predicted octanol–water partition coefficient (Wildman–Crippen LogP) is 2.00. The Morgan fingerprint density at radius 1 is 1.13 bits per heavy atom. The largest absolute Gasteiger partial charge is 0.274 e. The highest BCUT2D eigenvalue weighted by atomic mass is 16.2. The fraction of sp³-hybridized carbons (Fsp3) is 0.333. The Labute approximate surface area is 88.7 Å². The second-order valence-electron chi connectivity index (χ2n) is 3.81. The second-order valence-corrected chi connectivity index (χ2v) is 3.81. The van der Waals surface area contributed by atoms with Crippen molar-refractivity contribution < 1.29 is 9.59 Å². The smallest absolute Gasteiger partial charge is 0.261 e. The van der Waals surface area contributed by atoms with E-state index in [4.69, 9.17) is 0 Å². The third kappa shape index (κ3) is 1.44. The minimum absolute atomic E-state index is 0.152. The molecule has 0 bridgehead atoms. The van der Waals surface area contributed by atoms with E-state index in [1.54, 1.807) is 12.1 Å². The molecule has 0 radical (unpaired) electrons. The molecular formula is C12H13NO2. The lowest BCUT2D eigenvalue weighted by molar-refractivity contribution is 0.0654. The highest BCUT2D eigenvalue weighted by Gasteiger charge is 2.34. The van der Waals surface area contributed by atoms with Crippen LogP contribution in [0.4, 0.5) is 0 Å². The molecule has 1 aromatic rings. The molecule has 3 nitrogen and oxygen atoms in total. The molecule has 0 fully saturated rings. The Hall–Kier alpha value is -1.64. The van der Waals surface area contributed by atoms with Crippen molar-refractivity contribution in [3.63, 3.8) is 0 Å². The molecule has 0 spiro atoms. The molecule has 0 unspecified atom stereocenters. The highest BCUT2D eigenvalue weighted by Crippen LogP contribution is 2.23. The molecule has 0 saturated carbocycles. The topological polar surface area (TPSA) is 37.4 Å². The molecule has 1 aromatic carbocycles. The second kappa shape index (κ2) is 3.50. The highest BCUT2D eigenvalue weighted by molar-refractivity contribution is 6.21. The van der Waals surface area contributed by atoms with E-state index in [0.717, 1.165) is 12.0 Å². The summed E-state index contributed by atoms with van der Waals surface area (Å²) in [6.07, 6.45) is 0.796. The Kier molecular flexibility index (Phi) is 2.31. The number of benzene rings is 1. The van der Waals surface area contributed by atoms with E-state index in [1.165, 1.54) is 4.90 Å². The molecule has 15 heavy (non-hydrogen) atoms. The summed E-state index contributed by atoms with van der Waals surface area (Å²) >= 11 is 0. The number of amides is 2. The van der Waals surface area contributed by atoms with Crippen LogP contribution in [-0.2, 0) is 0 Å². The van der Waals surface area contributed by atoms with Crippen LogP contribution in [0.25, 0.3) is 0 Å². The summed E-state index contributed by atoms with van der Waals surface area (Å²) in [5, 5.41) is 0. The summed E-state index contributed by atoms with van der Waals surface area (Å²) < 4.78 is 0. The summed E-state index contributed by atoms with van der Waals surface area (Å²) in [4.78, 5) is 25.0. The molecular weight excluding hydrogens is 190 g/mol. The number of hydrogen-bond donors (Lipinski definition) is 0. The summed E-state index contributed by atoms with van der Waals surface area (Å²) in [6.45, 7) is 4.38. The molecule has 1 aliphatic rings. The monoisotopic (exact) mass is 203 g/mol. The van der Waals surface area contributed by atoms with Crippen molar-refractivity contribution in [1.82, 2.24) is 4.90 Å². The van der Waals surface area contributed by atoms with Crippen LogP contribution in [-0.4, -0.2) is 23.3 Å². The molecule has 1 aliphatic heterocycles. The van der Waals surface area contributed by atoms with E-state index in [1.807, 2.05) is 19.9 Å². The Balaban J connectivity index is 2.46. The predicted molar refractivity (Wildman–Crippen MR) is 56.8 cm³/mol. The van der Waals surface area contributed by atoms with E-state index in [0.29, 0.717) is 17.7 Å². The van der Waals surface area contributed by atoms with Gasteiger partial charge in [0.25, 0.3) is 11.8 Å². The van der Waals surface area contributed by atoms with Gasteiger partial charge in [-0.1, -0.05) is 18.6 Å². The van der Waals surface area contributed by atoms with Crippen molar-refractivity contribution in [3.8, 4) is 0 Å². The van der Waals surface area contributed by atoms with Gasteiger partial charge in [0.05, 0.1) is 11.1 Å². The van der Waals surface area contributed by atoms with Gasteiger partial charge in [0.15, 0.2) is 0 Å². The molecule has 3 heteroatoms. The van der Waals surface area contributed by atoms with Crippen molar-refractivity contribution in [2.24, 2.45) is 0 Å². The number of imide groups is 1. The number of aryl methyl sites for hydroxylation is 1. The lowest BCUT2D eigenvalue weighted by Gasteiger charge is -2.11. The zero-order chi connectivity index (χ0) is 11.0. The van der Waals surface area contributed by atoms with Crippen molar-refractivity contribution in [3.05, 3.63) is 34.9 Å². The van der Waals surface area contributed by atoms with Crippen LogP contribution in [0.1, 0.15) is 39.6 Å². The van der Waals surface area contributed by atoms with E-state index in [2.05, 4.69) is 0 Å². The fourth-order valence-corrected chi connectivity index (χ4v) is 1.83. The van der Waals surface area contributed by atoms with Gasteiger partial charge in [0.2, 0.25) is 0 Å². The first-order valence-electron chi connectivity index (χ1n) is 5.12. The normalized spacial score (nSPS) is 14.7. The van der Waals surface area contributed by atoms with Gasteiger partial charge >= 0.3 is 0 Å². The van der Waals surface area contributed by atoms with Gasteiger partial charge in [-0.15, -0.1) is 0 Å². The zero-order valence-electron chi connectivity index (χ0n) is 8.91. The van der Waals surface area contributed by atoms with Crippen molar-refractivity contribution >= 4 is 11.8 Å². The summed E-state index contributed by atoms with van der Waals surface area (Å²) in [5.74, 6) is -0.308. The maximum absolute atomic E-state index is 11.9. The molecule has 2 rings (SSSR count). The molecule has 2 amide bonds. The van der Waals surface area contributed by atoms with Gasteiger partial charge in [-0.05, 0) is 25.5 Å². The first-order chi connectivity index (χ1) is 7.15. The fourth-order valence-electron chi connectivity index (χ4n) is 1.83. The quantitative estimate of drug-likeness (QED) is 0.689. The van der Waals surface area contributed by atoms with E-state index in [9.17, 15) is 9.59 Å². The van der Waals surface area contributed by atoms with Crippen LogP contribution < -0.4 is 0 Å². The summed E-state index contributed by atoms with van der Waals surface area (Å²) in [6, 6.07) is 5.38. The number of carbonyl (C=O) groups excluding carboxylic acids is 2. The van der Waals surface area contributed by atoms with Crippen LogP contribution in [0.2, 0.25) is 0 Å². The lowest BCUT2D eigenvalue weighted by atomic mass is 10.1. The van der Waals surface area contributed by atoms with Crippen LogP contribution in [0.5, 0.6) is 0 Å². The van der Waals surface area contributed by atoms with Gasteiger partial charge in [0, 0.05) is 6.54 Å². The van der Waals surface area contributed by atoms with Gasteiger partial charge in [0.1, 0.15) is 0 Å². The average Bonchev–Trinajstić information content (AvgIpc) is 2.44. The number of fused-ring (bicyclic) bond motifs is 1. The van der Waals surface area contributed by atoms with Crippen LogP contribution in [0, 0.1) is 6.92 Å². The first kappa shape index (κ1) is 9.90. The average molecular weight is 203 g/mol. The van der Waals surface area contributed by atoms with Crippen molar-refractivity contribution in [1.29, 1.82) is 0 Å². The Morgan fingerprint density at radius 2 is 1.80 bits per heavy atom. The summed E-state index contributed by atoms with van der Waals surface area (Å²) in [7, 11) is 0. The standard InChI is InChI=1S/C12H13NO2/c1-3-6-13-11(14)9-5-4-8(2)7-10(9)12(13)15/h4-5,7H,3,6H2,1-2H3. The van der Waals surface area contributed by atoms with Crippen molar-refractivity contribution in [2.75, 3.05) is 6.54 Å². The number of hydrogen-bond acceptors (Lipinski definition) is 2. The third-order valence-corrected chi connectivity index (χ3v) is 2.57. The SMILES string of the molecule is CCCN1C(=O)c2ccc(C)cc2C1=O. The van der Waals surface area contributed by atoms with Crippen LogP contribution >= 0.6 is 0 Å². The molecule has 0 aromatic heterocycles. The zero-order valence-corrected chi connectivity index (χ0v) is 8.91. The third-order valence-electron chi connectivity index (χ3n) is 2.57. The summed E-state index contributed by atoms with van der Waals surface area (Å²) in [5.41, 5.74) is 2.10. The van der Waals surface area contributed by atoms with Gasteiger partial charge in [-0.25, -0.2) is 0 Å². The molecule has 0 aliphatic carbocycles. The van der Waals surface area contributed by atoms with Crippen molar-refractivity contribution in [2.45, 2.75) is 20.3 Å². The van der Waals surface area contributed by atoms with Gasteiger partial charge in [-0.2, -0.15) is 0 Å². The van der Waals surface area contributed by atoms with E-state index >= 15 is 0 Å². The lowest BCUT2D eigenvalue weighted by Crippen LogP contribution is -2.30. The Morgan fingerprint density at radius 3 is 2.47 bits per heavy atom. The molecule has 0 N–H and O–H groups in total. The van der Waals surface area contributed by atoms with E-state index in [-0.39, 0.29) is 11.8 Å². The minimum atomic E-state index is -0.156. The Bertz CT molecular complexity index is 437. The minimum Gasteiger partial charge on any atom is -0.274 e. The number of carbonyl (C=O) groups is 2. The van der Waals surface area contributed by atoms with Gasteiger partial charge < -0.3 is 0 Å². The molecule has 1 heterocycles. The van der Waals surface area contributed by atoms with Gasteiger partial charge in [-0.3, -0.25) is 14.5 Å². The maximum Gasteiger partial charge on any atom is 0.261 e. The number of nitrogens with zero attached hydrogens (tertiary/aromatic N) is 1. The first-order valence-corrected chi connectivity index (χ1v) is 5.12. The molecule has 0 saturated heterocycles. The van der Waals surface area contributed by atoms with Crippen LogP contribution in [0.15, 0.2) is 18.2 Å². The molecule has 0 atom stereocenters.